The highest BCUT2D eigenvalue weighted by molar-refractivity contribution is 5.84. The van der Waals surface area contributed by atoms with Crippen LogP contribution in [-0.4, -0.2) is 43.0 Å². The number of hydrogen-bond acceptors (Lipinski definition) is 3. The fourth-order valence-electron chi connectivity index (χ4n) is 1.35. The Bertz CT molecular complexity index is 206. The van der Waals surface area contributed by atoms with Gasteiger partial charge in [0.2, 0.25) is 5.91 Å². The molecule has 0 radical (unpaired) electrons. The average Bonchev–Trinajstić information content (AvgIpc) is 2.14. The fourth-order valence-corrected chi connectivity index (χ4v) is 1.35. The van der Waals surface area contributed by atoms with Crippen molar-refractivity contribution in [1.29, 1.82) is 0 Å². The van der Waals surface area contributed by atoms with Crippen LogP contribution < -0.4 is 11.1 Å². The Morgan fingerprint density at radius 2 is 2.07 bits per heavy atom. The Kier molecular flexibility index (Phi) is 5.83. The van der Waals surface area contributed by atoms with Crippen molar-refractivity contribution in [3.05, 3.63) is 0 Å². The Hall–Kier alpha value is -0.610. The minimum atomic E-state index is -0.570. The molecule has 0 aromatic rings. The maximum absolute atomic E-state index is 11.3. The number of amides is 1. The van der Waals surface area contributed by atoms with E-state index in [-0.39, 0.29) is 5.91 Å². The van der Waals surface area contributed by atoms with Crippen LogP contribution in [0.4, 0.5) is 0 Å². The van der Waals surface area contributed by atoms with Crippen molar-refractivity contribution in [2.45, 2.75) is 45.2 Å². The van der Waals surface area contributed by atoms with E-state index in [4.69, 9.17) is 5.73 Å². The minimum Gasteiger partial charge on any atom is -0.368 e. The van der Waals surface area contributed by atoms with Gasteiger partial charge in [0.25, 0.3) is 0 Å². The number of carbonyl (C=O) groups is 1. The van der Waals surface area contributed by atoms with E-state index >= 15 is 0 Å². The predicted molar refractivity (Wildman–Crippen MR) is 63.7 cm³/mol. The molecule has 0 aliphatic carbocycles. The van der Waals surface area contributed by atoms with Gasteiger partial charge in [0.15, 0.2) is 0 Å². The summed E-state index contributed by atoms with van der Waals surface area (Å²) < 4.78 is 0. The molecule has 4 nitrogen and oxygen atoms in total. The van der Waals surface area contributed by atoms with Crippen LogP contribution in [0.15, 0.2) is 0 Å². The maximum atomic E-state index is 11.3. The van der Waals surface area contributed by atoms with Crippen LogP contribution in [-0.2, 0) is 4.79 Å². The van der Waals surface area contributed by atoms with E-state index in [1.165, 1.54) is 0 Å². The Morgan fingerprint density at radius 3 is 2.40 bits per heavy atom. The summed E-state index contributed by atoms with van der Waals surface area (Å²) >= 11 is 0. The van der Waals surface area contributed by atoms with Gasteiger partial charge in [0, 0.05) is 12.6 Å². The molecule has 0 saturated carbocycles. The molecule has 2 atom stereocenters. The third-order valence-corrected chi connectivity index (χ3v) is 2.96. The van der Waals surface area contributed by atoms with Gasteiger partial charge in [-0.05, 0) is 34.4 Å². The number of carbonyl (C=O) groups excluding carboxylic acids is 1. The van der Waals surface area contributed by atoms with Gasteiger partial charge in [0.05, 0.1) is 5.54 Å². The summed E-state index contributed by atoms with van der Waals surface area (Å²) in [5.41, 5.74) is 4.83. The molecule has 15 heavy (non-hydrogen) atoms. The molecule has 0 aromatic heterocycles. The van der Waals surface area contributed by atoms with Gasteiger partial charge in [-0.15, -0.1) is 0 Å². The fraction of sp³-hybridized carbons (Fsp3) is 0.909. The van der Waals surface area contributed by atoms with Gasteiger partial charge >= 0.3 is 0 Å². The summed E-state index contributed by atoms with van der Waals surface area (Å²) in [6.45, 7) is 6.81. The molecule has 90 valence electrons. The highest BCUT2D eigenvalue weighted by Gasteiger charge is 2.29. The van der Waals surface area contributed by atoms with Crippen LogP contribution in [0.2, 0.25) is 0 Å². The normalized spacial score (nSPS) is 17.5. The van der Waals surface area contributed by atoms with E-state index in [9.17, 15) is 4.79 Å². The predicted octanol–water partition coefficient (Wildman–Crippen LogP) is 0.570. The molecule has 0 heterocycles. The zero-order chi connectivity index (χ0) is 12.1. The molecule has 2 unspecified atom stereocenters. The van der Waals surface area contributed by atoms with Crippen molar-refractivity contribution in [2.75, 3.05) is 20.6 Å². The molecule has 0 aliphatic rings. The molecule has 1 amide bonds. The molecule has 4 heteroatoms. The summed E-state index contributed by atoms with van der Waals surface area (Å²) in [5.74, 6) is -0.268. The molecule has 0 spiro atoms. The van der Waals surface area contributed by atoms with E-state index < -0.39 is 5.54 Å². The third kappa shape index (κ3) is 4.62. The molecule has 3 N–H and O–H groups in total. The molecule has 0 aromatic carbocycles. The smallest absolute Gasteiger partial charge is 0.237 e. The Morgan fingerprint density at radius 1 is 1.53 bits per heavy atom. The van der Waals surface area contributed by atoms with E-state index in [1.807, 2.05) is 21.0 Å². The van der Waals surface area contributed by atoms with Gasteiger partial charge in [0.1, 0.15) is 0 Å². The number of nitrogens with one attached hydrogen (secondary N) is 1. The second-order valence-electron chi connectivity index (χ2n) is 4.64. The van der Waals surface area contributed by atoms with Crippen LogP contribution in [0, 0.1) is 0 Å². The average molecular weight is 215 g/mol. The van der Waals surface area contributed by atoms with Gasteiger partial charge in [-0.1, -0.05) is 13.3 Å². The third-order valence-electron chi connectivity index (χ3n) is 2.96. The SMILES string of the molecule is CCCC(C)(NCC(C)N(C)C)C(N)=O. The lowest BCUT2D eigenvalue weighted by Crippen LogP contribution is -2.55. The molecule has 0 saturated heterocycles. The molecular formula is C11H25N3O. The Balaban J connectivity index is 4.25. The van der Waals surface area contributed by atoms with E-state index in [2.05, 4.69) is 24.1 Å². The Labute approximate surface area is 93.2 Å². The van der Waals surface area contributed by atoms with Gasteiger partial charge < -0.3 is 16.0 Å². The van der Waals surface area contributed by atoms with E-state index in [1.54, 1.807) is 0 Å². The first kappa shape index (κ1) is 14.4. The van der Waals surface area contributed by atoms with Crippen molar-refractivity contribution in [3.8, 4) is 0 Å². The van der Waals surface area contributed by atoms with Crippen molar-refractivity contribution < 1.29 is 4.79 Å². The number of primary amides is 1. The van der Waals surface area contributed by atoms with Gasteiger partial charge in [-0.2, -0.15) is 0 Å². The quantitative estimate of drug-likeness (QED) is 0.653. The highest BCUT2D eigenvalue weighted by atomic mass is 16.1. The molecule has 0 rings (SSSR count). The van der Waals surface area contributed by atoms with Crippen LogP contribution in [0.1, 0.15) is 33.6 Å². The summed E-state index contributed by atoms with van der Waals surface area (Å²) in [7, 11) is 4.04. The number of rotatable bonds is 7. The zero-order valence-corrected chi connectivity index (χ0v) is 10.6. The largest absolute Gasteiger partial charge is 0.368 e. The van der Waals surface area contributed by atoms with Crippen LogP contribution in [0.3, 0.4) is 0 Å². The standard InChI is InChI=1S/C11H25N3O/c1-6-7-11(3,10(12)15)13-8-9(2)14(4)5/h9,13H,6-8H2,1-5H3,(H2,12,15). The maximum Gasteiger partial charge on any atom is 0.237 e. The number of nitrogens with zero attached hydrogens (tertiary/aromatic N) is 1. The minimum absolute atomic E-state index is 0.268. The van der Waals surface area contributed by atoms with Crippen molar-refractivity contribution in [3.63, 3.8) is 0 Å². The second kappa shape index (κ2) is 6.08. The molecule has 0 fully saturated rings. The number of hydrogen-bond donors (Lipinski definition) is 2. The van der Waals surface area contributed by atoms with Crippen molar-refractivity contribution in [1.82, 2.24) is 10.2 Å². The summed E-state index contributed by atoms with van der Waals surface area (Å²) in [4.78, 5) is 13.5. The first-order valence-corrected chi connectivity index (χ1v) is 5.55. The summed E-state index contributed by atoms with van der Waals surface area (Å²) in [6, 6.07) is 0.389. The topological polar surface area (TPSA) is 58.4 Å². The highest BCUT2D eigenvalue weighted by Crippen LogP contribution is 2.11. The molecule has 0 bridgehead atoms. The summed E-state index contributed by atoms with van der Waals surface area (Å²) in [6.07, 6.45) is 1.73. The van der Waals surface area contributed by atoms with Crippen LogP contribution in [0.5, 0.6) is 0 Å². The monoisotopic (exact) mass is 215 g/mol. The van der Waals surface area contributed by atoms with E-state index in [0.29, 0.717) is 6.04 Å². The van der Waals surface area contributed by atoms with Crippen LogP contribution in [0.25, 0.3) is 0 Å². The summed E-state index contributed by atoms with van der Waals surface area (Å²) in [5, 5.41) is 3.26. The van der Waals surface area contributed by atoms with E-state index in [0.717, 1.165) is 19.4 Å². The first-order chi connectivity index (χ1) is 6.83. The first-order valence-electron chi connectivity index (χ1n) is 5.55. The lowest BCUT2D eigenvalue weighted by molar-refractivity contribution is -0.124. The van der Waals surface area contributed by atoms with Gasteiger partial charge in [-0.25, -0.2) is 0 Å². The van der Waals surface area contributed by atoms with Crippen LogP contribution >= 0.6 is 0 Å². The lowest BCUT2D eigenvalue weighted by Gasteiger charge is -2.30. The van der Waals surface area contributed by atoms with Gasteiger partial charge in [-0.3, -0.25) is 4.79 Å². The second-order valence-corrected chi connectivity index (χ2v) is 4.64. The molecular weight excluding hydrogens is 190 g/mol. The van der Waals surface area contributed by atoms with Crippen molar-refractivity contribution in [2.24, 2.45) is 5.73 Å². The lowest BCUT2D eigenvalue weighted by atomic mass is 9.95. The number of nitrogens with two attached hydrogens (primary N) is 1. The zero-order valence-electron chi connectivity index (χ0n) is 10.6. The van der Waals surface area contributed by atoms with Crippen molar-refractivity contribution >= 4 is 5.91 Å². The number of likely N-dealkylation sites (N-methyl/N-ethyl adjacent to an activating group) is 1. The molecule has 0 aliphatic heterocycles.